The molecule has 2 fully saturated rings. The predicted octanol–water partition coefficient (Wildman–Crippen LogP) is -2.22. The Morgan fingerprint density at radius 3 is 2.15 bits per heavy atom. The first kappa shape index (κ1) is 29.0. The van der Waals surface area contributed by atoms with Crippen LogP contribution in [0.4, 0.5) is 0 Å². The summed E-state index contributed by atoms with van der Waals surface area (Å²) in [5.41, 5.74) is 0. The van der Waals surface area contributed by atoms with Crippen LogP contribution in [0.2, 0.25) is 0 Å². The Bertz CT molecular complexity index is 639. The first-order chi connectivity index (χ1) is 15.5. The fourth-order valence-corrected chi connectivity index (χ4v) is 4.92. The van der Waals surface area contributed by atoms with Crippen molar-refractivity contribution in [2.75, 3.05) is 26.0 Å². The molecule has 0 spiro atoms. The van der Waals surface area contributed by atoms with E-state index in [1.165, 1.54) is 0 Å². The van der Waals surface area contributed by atoms with Gasteiger partial charge in [0.2, 0.25) is 5.79 Å². The molecule has 0 aliphatic carbocycles. The Balaban J connectivity index is 2.01. The van der Waals surface area contributed by atoms with E-state index in [2.05, 4.69) is 0 Å². The lowest BCUT2D eigenvalue weighted by atomic mass is 9.99. The van der Waals surface area contributed by atoms with Crippen LogP contribution in [0.25, 0.3) is 0 Å². The van der Waals surface area contributed by atoms with E-state index in [1.54, 1.807) is 0 Å². The SMILES string of the molecule is CCCCCCCP(=O)(O)OC[C@H]1O[C@H](O[C@]2(CO)O[C@H](CO)[C@@H](O)[C@@H]2O)[C@H](O)[C@@H](O)[C@@H]1O. The van der Waals surface area contributed by atoms with Gasteiger partial charge in [0.15, 0.2) is 6.29 Å². The van der Waals surface area contributed by atoms with Crippen LogP contribution >= 0.6 is 7.60 Å². The van der Waals surface area contributed by atoms with Crippen molar-refractivity contribution in [2.45, 2.75) is 93.8 Å². The van der Waals surface area contributed by atoms with Gasteiger partial charge in [-0.25, -0.2) is 0 Å². The molecule has 1 unspecified atom stereocenters. The number of ether oxygens (including phenoxy) is 3. The Morgan fingerprint density at radius 1 is 0.909 bits per heavy atom. The largest absolute Gasteiger partial charge is 0.394 e. The summed E-state index contributed by atoms with van der Waals surface area (Å²) in [5.74, 6) is -2.31. The van der Waals surface area contributed by atoms with Crippen molar-refractivity contribution in [1.82, 2.24) is 0 Å². The molecule has 2 rings (SSSR count). The molecule has 0 bridgehead atoms. The third-order valence-corrected chi connectivity index (χ3v) is 7.31. The molecule has 2 saturated heterocycles. The summed E-state index contributed by atoms with van der Waals surface area (Å²) in [5, 5.41) is 69.8. The highest BCUT2D eigenvalue weighted by Crippen LogP contribution is 2.44. The molecule has 2 aliphatic rings. The summed E-state index contributed by atoms with van der Waals surface area (Å²) >= 11 is 0. The van der Waals surface area contributed by atoms with Crippen molar-refractivity contribution in [3.8, 4) is 0 Å². The van der Waals surface area contributed by atoms with Crippen LogP contribution < -0.4 is 0 Å². The zero-order valence-electron chi connectivity index (χ0n) is 18.5. The smallest absolute Gasteiger partial charge is 0.328 e. The number of hydrogen-bond donors (Lipinski definition) is 8. The number of unbranched alkanes of at least 4 members (excludes halogenated alkanes) is 4. The molecule has 2 heterocycles. The minimum Gasteiger partial charge on any atom is -0.394 e. The van der Waals surface area contributed by atoms with Gasteiger partial charge in [0.05, 0.1) is 13.2 Å². The van der Waals surface area contributed by atoms with Crippen LogP contribution in [0.15, 0.2) is 0 Å². The van der Waals surface area contributed by atoms with Crippen LogP contribution in [0.5, 0.6) is 0 Å². The number of aliphatic hydroxyl groups excluding tert-OH is 7. The van der Waals surface area contributed by atoms with Gasteiger partial charge in [0.25, 0.3) is 0 Å². The maximum atomic E-state index is 12.3. The van der Waals surface area contributed by atoms with Gasteiger partial charge in [-0.2, -0.15) is 0 Å². The fraction of sp³-hybridized carbons (Fsp3) is 1.00. The number of aliphatic hydroxyl groups is 7. The maximum Gasteiger partial charge on any atom is 0.328 e. The first-order valence-electron chi connectivity index (χ1n) is 11.1. The van der Waals surface area contributed by atoms with Crippen LogP contribution in [0.3, 0.4) is 0 Å². The maximum absolute atomic E-state index is 12.3. The molecule has 0 amide bonds. The Hall–Kier alpha value is -0.250. The van der Waals surface area contributed by atoms with Gasteiger partial charge in [0.1, 0.15) is 49.3 Å². The second-order valence-electron chi connectivity index (χ2n) is 8.45. The third kappa shape index (κ3) is 7.14. The number of hydrogen-bond acceptors (Lipinski definition) is 12. The molecular weight excluding hydrogens is 467 g/mol. The van der Waals surface area contributed by atoms with Crippen molar-refractivity contribution in [3.63, 3.8) is 0 Å². The molecule has 0 saturated carbocycles. The summed E-state index contributed by atoms with van der Waals surface area (Å²) in [6.45, 7) is -0.296. The summed E-state index contributed by atoms with van der Waals surface area (Å²) in [6.07, 6.45) is -9.31. The van der Waals surface area contributed by atoms with Crippen molar-refractivity contribution < 1.29 is 63.9 Å². The lowest BCUT2D eigenvalue weighted by Gasteiger charge is -2.43. The zero-order valence-corrected chi connectivity index (χ0v) is 19.4. The molecule has 196 valence electrons. The van der Waals surface area contributed by atoms with Crippen molar-refractivity contribution in [3.05, 3.63) is 0 Å². The van der Waals surface area contributed by atoms with E-state index in [4.69, 9.17) is 18.7 Å². The molecule has 2 aliphatic heterocycles. The van der Waals surface area contributed by atoms with Crippen LogP contribution in [0.1, 0.15) is 39.0 Å². The molecule has 13 nitrogen and oxygen atoms in total. The van der Waals surface area contributed by atoms with Crippen LogP contribution in [0, 0.1) is 0 Å². The molecule has 33 heavy (non-hydrogen) atoms. The Labute approximate surface area is 192 Å². The molecule has 0 aromatic heterocycles. The highest BCUT2D eigenvalue weighted by Gasteiger charge is 2.58. The van der Waals surface area contributed by atoms with Gasteiger partial charge < -0.3 is 59.4 Å². The second kappa shape index (κ2) is 12.6. The standard InChI is InChI=1S/C19H37O13P/c1-2-3-4-5-6-7-33(27,28)29-9-12-13(22)15(24)16(25)18(30-12)32-19(10-21)17(26)14(23)11(8-20)31-19/h11-18,20-26H,2-10H2,1H3,(H,27,28)/t11-,12-,13-,14-,15+,16-,17+,18-,19+/m1/s1. The van der Waals surface area contributed by atoms with Gasteiger partial charge >= 0.3 is 7.60 Å². The van der Waals surface area contributed by atoms with Crippen LogP contribution in [-0.2, 0) is 23.3 Å². The van der Waals surface area contributed by atoms with Crippen LogP contribution in [-0.4, -0.2) is 121 Å². The monoisotopic (exact) mass is 504 g/mol. The Morgan fingerprint density at radius 2 is 1.58 bits per heavy atom. The lowest BCUT2D eigenvalue weighted by molar-refractivity contribution is -0.383. The minimum atomic E-state index is -4.01. The topological polar surface area (TPSA) is 216 Å². The molecule has 10 atom stereocenters. The van der Waals surface area contributed by atoms with Gasteiger partial charge in [-0.05, 0) is 6.42 Å². The summed E-state index contributed by atoms with van der Waals surface area (Å²) in [7, 11) is -4.01. The van der Waals surface area contributed by atoms with Gasteiger partial charge in [-0.3, -0.25) is 4.57 Å². The van der Waals surface area contributed by atoms with E-state index in [0.717, 1.165) is 25.7 Å². The van der Waals surface area contributed by atoms with E-state index >= 15 is 0 Å². The Kier molecular flexibility index (Phi) is 11.1. The van der Waals surface area contributed by atoms with Crippen molar-refractivity contribution >= 4 is 7.60 Å². The van der Waals surface area contributed by atoms with Gasteiger partial charge in [-0.15, -0.1) is 0 Å². The van der Waals surface area contributed by atoms with E-state index < -0.39 is 82.2 Å². The quantitative estimate of drug-likeness (QED) is 0.0987. The van der Waals surface area contributed by atoms with Gasteiger partial charge in [-0.1, -0.05) is 32.6 Å². The molecule has 0 radical (unpaired) electrons. The summed E-state index contributed by atoms with van der Waals surface area (Å²) < 4.78 is 33.3. The average Bonchev–Trinajstić information content (AvgIpc) is 3.03. The normalized spacial score (nSPS) is 41.2. The third-order valence-electron chi connectivity index (χ3n) is 5.88. The number of rotatable bonds is 13. The van der Waals surface area contributed by atoms with E-state index in [0.29, 0.717) is 6.42 Å². The second-order valence-corrected chi connectivity index (χ2v) is 10.4. The average molecular weight is 504 g/mol. The van der Waals surface area contributed by atoms with E-state index in [-0.39, 0.29) is 6.16 Å². The molecule has 0 aromatic carbocycles. The highest BCUT2D eigenvalue weighted by molar-refractivity contribution is 7.52. The fourth-order valence-electron chi connectivity index (χ4n) is 3.79. The molecule has 8 N–H and O–H groups in total. The molecular formula is C19H37O13P. The predicted molar refractivity (Wildman–Crippen MR) is 111 cm³/mol. The van der Waals surface area contributed by atoms with Crippen molar-refractivity contribution in [1.29, 1.82) is 0 Å². The molecule has 0 aromatic rings. The zero-order chi connectivity index (χ0) is 24.8. The highest BCUT2D eigenvalue weighted by atomic mass is 31.2. The lowest BCUT2D eigenvalue weighted by Crippen LogP contribution is -2.62. The summed E-state index contributed by atoms with van der Waals surface area (Å²) in [6, 6.07) is 0. The van der Waals surface area contributed by atoms with Gasteiger partial charge in [0, 0.05) is 6.16 Å². The van der Waals surface area contributed by atoms with E-state index in [1.807, 2.05) is 6.92 Å². The first-order valence-corrected chi connectivity index (χ1v) is 12.9. The van der Waals surface area contributed by atoms with E-state index in [9.17, 15) is 45.2 Å². The van der Waals surface area contributed by atoms with Crippen molar-refractivity contribution in [2.24, 2.45) is 0 Å². The summed E-state index contributed by atoms with van der Waals surface area (Å²) in [4.78, 5) is 10.0. The minimum absolute atomic E-state index is 0.0985. The molecule has 14 heteroatoms.